The maximum absolute atomic E-state index is 12.7. The normalized spacial score (nSPS) is 12.0. The van der Waals surface area contributed by atoms with Gasteiger partial charge in [0.05, 0.1) is 16.1 Å². The lowest BCUT2D eigenvalue weighted by Gasteiger charge is -2.12. The molecule has 0 bridgehead atoms. The van der Waals surface area contributed by atoms with Crippen LogP contribution in [0, 0.1) is 0 Å². The second-order valence-electron chi connectivity index (χ2n) is 4.63. The largest absolute Gasteiger partial charge is 0.478 e. The van der Waals surface area contributed by atoms with E-state index in [1.54, 1.807) is 0 Å². The van der Waals surface area contributed by atoms with E-state index in [1.165, 1.54) is 0 Å². The number of sulfonamides is 1. The number of alkyl halides is 3. The van der Waals surface area contributed by atoms with Crippen molar-refractivity contribution < 1.29 is 31.5 Å². The number of halogens is 4. The van der Waals surface area contributed by atoms with Gasteiger partial charge in [-0.05, 0) is 36.4 Å². The molecule has 0 amide bonds. The fourth-order valence-corrected chi connectivity index (χ4v) is 3.39. The Labute approximate surface area is 139 Å². The number of carbonyl (C=O) groups is 1. The SMILES string of the molecule is O=C(O)c1ccc(Cl)c(S(=O)(=O)Nc2cccc(C(F)(F)F)c2)c1. The minimum absolute atomic E-state index is 0.264. The van der Waals surface area contributed by atoms with Crippen LogP contribution in [0.4, 0.5) is 18.9 Å². The summed E-state index contributed by atoms with van der Waals surface area (Å²) in [4.78, 5) is 10.4. The quantitative estimate of drug-likeness (QED) is 0.845. The van der Waals surface area contributed by atoms with Crippen LogP contribution in [0.25, 0.3) is 0 Å². The molecule has 0 unspecified atom stereocenters. The molecule has 0 aliphatic heterocycles. The Morgan fingerprint density at radius 3 is 2.38 bits per heavy atom. The average molecular weight is 380 g/mol. The van der Waals surface area contributed by atoms with Gasteiger partial charge in [0.1, 0.15) is 4.90 Å². The molecule has 2 aromatic carbocycles. The van der Waals surface area contributed by atoms with Gasteiger partial charge in [0.25, 0.3) is 10.0 Å². The molecule has 24 heavy (non-hydrogen) atoms. The Morgan fingerprint density at radius 1 is 1.12 bits per heavy atom. The van der Waals surface area contributed by atoms with Crippen molar-refractivity contribution in [3.05, 3.63) is 58.6 Å². The molecular formula is C14H9ClF3NO4S. The lowest BCUT2D eigenvalue weighted by atomic mass is 10.2. The van der Waals surface area contributed by atoms with Crippen LogP contribution in [-0.4, -0.2) is 19.5 Å². The van der Waals surface area contributed by atoms with Gasteiger partial charge >= 0.3 is 12.1 Å². The van der Waals surface area contributed by atoms with Crippen molar-refractivity contribution in [2.45, 2.75) is 11.1 Å². The van der Waals surface area contributed by atoms with E-state index in [0.717, 1.165) is 36.4 Å². The first-order valence-corrected chi connectivity index (χ1v) is 8.10. The summed E-state index contributed by atoms with van der Waals surface area (Å²) in [5, 5.41) is 8.63. The summed E-state index contributed by atoms with van der Waals surface area (Å²) in [5.41, 5.74) is -1.70. The molecule has 0 spiro atoms. The van der Waals surface area contributed by atoms with Gasteiger partial charge in [-0.15, -0.1) is 0 Å². The fourth-order valence-electron chi connectivity index (χ4n) is 1.81. The molecular weight excluding hydrogens is 371 g/mol. The summed E-state index contributed by atoms with van der Waals surface area (Å²) < 4.78 is 64.5. The van der Waals surface area contributed by atoms with Crippen molar-refractivity contribution in [1.82, 2.24) is 0 Å². The van der Waals surface area contributed by atoms with Crippen molar-refractivity contribution in [1.29, 1.82) is 0 Å². The standard InChI is InChI=1S/C14H9ClF3NO4S/c15-11-5-4-8(13(20)21)6-12(11)24(22,23)19-10-3-1-2-9(7-10)14(16,17)18/h1-7,19H,(H,20,21). The van der Waals surface area contributed by atoms with Crippen molar-refractivity contribution in [3.63, 3.8) is 0 Å². The predicted molar refractivity (Wildman–Crippen MR) is 80.7 cm³/mol. The zero-order chi connectivity index (χ0) is 18.1. The van der Waals surface area contributed by atoms with Gasteiger partial charge < -0.3 is 5.11 Å². The van der Waals surface area contributed by atoms with Crippen molar-refractivity contribution in [3.8, 4) is 0 Å². The maximum Gasteiger partial charge on any atom is 0.416 e. The summed E-state index contributed by atoms with van der Waals surface area (Å²) in [7, 11) is -4.37. The lowest BCUT2D eigenvalue weighted by molar-refractivity contribution is -0.137. The number of anilines is 1. The molecule has 2 N–H and O–H groups in total. The highest BCUT2D eigenvalue weighted by Crippen LogP contribution is 2.32. The zero-order valence-electron chi connectivity index (χ0n) is 11.6. The van der Waals surface area contributed by atoms with Gasteiger partial charge in [0.2, 0.25) is 0 Å². The molecule has 0 fully saturated rings. The van der Waals surface area contributed by atoms with Crippen LogP contribution in [0.3, 0.4) is 0 Å². The lowest BCUT2D eigenvalue weighted by Crippen LogP contribution is -2.15. The number of aromatic carboxylic acids is 1. The monoisotopic (exact) mass is 379 g/mol. The summed E-state index contributed by atoms with van der Waals surface area (Å²) in [5.74, 6) is -1.37. The number of nitrogens with one attached hydrogen (secondary N) is 1. The van der Waals surface area contributed by atoms with E-state index < -0.39 is 32.6 Å². The third-order valence-corrected chi connectivity index (χ3v) is 4.77. The van der Waals surface area contributed by atoms with E-state index in [0.29, 0.717) is 6.07 Å². The summed E-state index contributed by atoms with van der Waals surface area (Å²) in [6.07, 6.45) is -4.64. The highest BCUT2D eigenvalue weighted by molar-refractivity contribution is 7.92. The minimum Gasteiger partial charge on any atom is -0.478 e. The molecule has 0 atom stereocenters. The maximum atomic E-state index is 12.7. The molecule has 2 rings (SSSR count). The zero-order valence-corrected chi connectivity index (χ0v) is 13.2. The molecule has 128 valence electrons. The molecule has 0 aliphatic rings. The minimum atomic E-state index is -4.64. The summed E-state index contributed by atoms with van der Waals surface area (Å²) in [6.45, 7) is 0. The van der Waals surface area contributed by atoms with Crippen molar-refractivity contribution in [2.24, 2.45) is 0 Å². The smallest absolute Gasteiger partial charge is 0.416 e. The fraction of sp³-hybridized carbons (Fsp3) is 0.0714. The summed E-state index contributed by atoms with van der Waals surface area (Å²) >= 11 is 5.76. The molecule has 0 aliphatic carbocycles. The number of hydrogen-bond acceptors (Lipinski definition) is 3. The van der Waals surface area contributed by atoms with Crippen LogP contribution < -0.4 is 4.72 Å². The first-order valence-electron chi connectivity index (χ1n) is 6.23. The number of rotatable bonds is 4. The molecule has 5 nitrogen and oxygen atoms in total. The Morgan fingerprint density at radius 2 is 1.79 bits per heavy atom. The van der Waals surface area contributed by atoms with Crippen LogP contribution in [0.1, 0.15) is 15.9 Å². The van der Waals surface area contributed by atoms with E-state index in [9.17, 15) is 26.4 Å². The van der Waals surface area contributed by atoms with Gasteiger partial charge in [-0.25, -0.2) is 13.2 Å². The van der Waals surface area contributed by atoms with Crippen LogP contribution in [0.2, 0.25) is 5.02 Å². The molecule has 0 saturated heterocycles. The highest BCUT2D eigenvalue weighted by atomic mass is 35.5. The third kappa shape index (κ3) is 3.98. The van der Waals surface area contributed by atoms with E-state index >= 15 is 0 Å². The predicted octanol–water partition coefficient (Wildman–Crippen LogP) is 3.86. The first-order chi connectivity index (χ1) is 11.0. The van der Waals surface area contributed by atoms with Crippen molar-refractivity contribution >= 4 is 33.3 Å². The van der Waals surface area contributed by atoms with E-state index in [2.05, 4.69) is 0 Å². The Balaban J connectivity index is 2.43. The molecule has 0 radical (unpaired) electrons. The van der Waals surface area contributed by atoms with Gasteiger partial charge in [-0.3, -0.25) is 4.72 Å². The van der Waals surface area contributed by atoms with Gasteiger partial charge in [0.15, 0.2) is 0 Å². The average Bonchev–Trinajstić information content (AvgIpc) is 2.46. The number of hydrogen-bond donors (Lipinski definition) is 2. The van der Waals surface area contributed by atoms with Crippen LogP contribution in [-0.2, 0) is 16.2 Å². The topological polar surface area (TPSA) is 83.5 Å². The number of carboxylic acid groups (broad SMARTS) is 1. The van der Waals surface area contributed by atoms with E-state index in [-0.39, 0.29) is 16.3 Å². The van der Waals surface area contributed by atoms with Gasteiger partial charge in [-0.2, -0.15) is 13.2 Å². The molecule has 2 aromatic rings. The number of carboxylic acids is 1. The van der Waals surface area contributed by atoms with Gasteiger partial charge in [0, 0.05) is 5.69 Å². The molecule has 10 heteroatoms. The number of benzene rings is 2. The highest BCUT2D eigenvalue weighted by Gasteiger charge is 2.31. The van der Waals surface area contributed by atoms with E-state index in [1.807, 2.05) is 4.72 Å². The second kappa shape index (κ2) is 6.33. The third-order valence-electron chi connectivity index (χ3n) is 2.91. The Kier molecular flexibility index (Phi) is 4.77. The molecule has 0 heterocycles. The van der Waals surface area contributed by atoms with Crippen molar-refractivity contribution in [2.75, 3.05) is 4.72 Å². The van der Waals surface area contributed by atoms with E-state index in [4.69, 9.17) is 16.7 Å². The Bertz CT molecular complexity index is 897. The molecule has 0 saturated carbocycles. The van der Waals surface area contributed by atoms with Gasteiger partial charge in [-0.1, -0.05) is 17.7 Å². The first kappa shape index (κ1) is 18.1. The van der Waals surface area contributed by atoms with Crippen LogP contribution in [0.15, 0.2) is 47.4 Å². The second-order valence-corrected chi connectivity index (χ2v) is 6.69. The summed E-state index contributed by atoms with van der Waals surface area (Å²) in [6, 6.07) is 6.57. The Hall–Kier alpha value is -2.26. The van der Waals surface area contributed by atoms with Crippen LogP contribution in [0.5, 0.6) is 0 Å². The van der Waals surface area contributed by atoms with Crippen LogP contribution >= 0.6 is 11.6 Å². The molecule has 0 aromatic heterocycles.